The minimum absolute atomic E-state index is 0.0648. The van der Waals surface area contributed by atoms with Crippen LogP contribution in [0.3, 0.4) is 0 Å². The SMILES string of the molecule is Cc1ccc(C2=NN3[C@@H](C2)c2ccccc2O[C@@]32C(=O)N(C)c3ccc(C)cc32)cc1. The van der Waals surface area contributed by atoms with Gasteiger partial charge in [-0.1, -0.05) is 59.7 Å². The number of carbonyl (C=O) groups is 1. The maximum Gasteiger partial charge on any atom is 0.306 e. The molecule has 1 spiro atoms. The van der Waals surface area contributed by atoms with E-state index in [-0.39, 0.29) is 11.9 Å². The minimum atomic E-state index is -1.29. The van der Waals surface area contributed by atoms with Gasteiger partial charge in [0, 0.05) is 19.0 Å². The summed E-state index contributed by atoms with van der Waals surface area (Å²) >= 11 is 0. The summed E-state index contributed by atoms with van der Waals surface area (Å²) in [4.78, 5) is 15.5. The fourth-order valence-electron chi connectivity index (χ4n) is 5.00. The number of para-hydroxylation sites is 1. The van der Waals surface area contributed by atoms with Gasteiger partial charge in [-0.2, -0.15) is 5.10 Å². The number of anilines is 1. The van der Waals surface area contributed by atoms with Gasteiger partial charge in [-0.05, 0) is 37.6 Å². The molecule has 5 heteroatoms. The van der Waals surface area contributed by atoms with Crippen LogP contribution < -0.4 is 9.64 Å². The molecule has 0 radical (unpaired) electrons. The number of hydrazone groups is 1. The van der Waals surface area contributed by atoms with Crippen molar-refractivity contribution in [2.24, 2.45) is 5.10 Å². The van der Waals surface area contributed by atoms with Crippen molar-refractivity contribution < 1.29 is 9.53 Å². The van der Waals surface area contributed by atoms with Crippen LogP contribution in [-0.2, 0) is 10.5 Å². The third-order valence-corrected chi connectivity index (χ3v) is 6.63. The molecule has 0 saturated carbocycles. The van der Waals surface area contributed by atoms with Gasteiger partial charge in [-0.25, -0.2) is 5.01 Å². The second kappa shape index (κ2) is 6.20. The summed E-state index contributed by atoms with van der Waals surface area (Å²) in [5.41, 5.74) is 5.85. The number of likely N-dealkylation sites (N-methyl/N-ethyl adjacent to an activating group) is 1. The van der Waals surface area contributed by atoms with E-state index in [9.17, 15) is 4.79 Å². The van der Waals surface area contributed by atoms with E-state index in [4.69, 9.17) is 9.84 Å². The topological polar surface area (TPSA) is 45.1 Å². The highest BCUT2D eigenvalue weighted by Crippen LogP contribution is 2.55. The Morgan fingerprint density at radius 2 is 1.74 bits per heavy atom. The minimum Gasteiger partial charge on any atom is -0.453 e. The van der Waals surface area contributed by atoms with Crippen LogP contribution in [0.15, 0.2) is 71.8 Å². The largest absolute Gasteiger partial charge is 0.453 e. The number of ether oxygens (including phenoxy) is 1. The highest BCUT2D eigenvalue weighted by Gasteiger charge is 2.62. The zero-order chi connectivity index (χ0) is 21.3. The molecule has 154 valence electrons. The number of amides is 1. The Morgan fingerprint density at radius 3 is 2.55 bits per heavy atom. The lowest BCUT2D eigenvalue weighted by atomic mass is 9.92. The molecule has 6 rings (SSSR count). The van der Waals surface area contributed by atoms with Crippen LogP contribution in [0.1, 0.15) is 40.3 Å². The molecular weight excluding hydrogens is 386 g/mol. The van der Waals surface area contributed by atoms with E-state index >= 15 is 0 Å². The van der Waals surface area contributed by atoms with Gasteiger partial charge >= 0.3 is 5.72 Å². The number of fused-ring (bicyclic) bond motifs is 6. The molecular formula is C26H23N3O2. The fourth-order valence-corrected chi connectivity index (χ4v) is 5.00. The molecule has 3 aromatic rings. The molecule has 3 heterocycles. The lowest BCUT2D eigenvalue weighted by Crippen LogP contribution is -2.56. The molecule has 31 heavy (non-hydrogen) atoms. The Kier molecular flexibility index (Phi) is 3.64. The zero-order valence-corrected chi connectivity index (χ0v) is 17.8. The molecule has 0 N–H and O–H groups in total. The average Bonchev–Trinajstić information content (AvgIpc) is 3.31. The maximum absolute atomic E-state index is 13.8. The van der Waals surface area contributed by atoms with Gasteiger partial charge in [0.1, 0.15) is 5.75 Å². The van der Waals surface area contributed by atoms with Crippen LogP contribution in [0.25, 0.3) is 0 Å². The summed E-state index contributed by atoms with van der Waals surface area (Å²) in [5.74, 6) is 0.640. The summed E-state index contributed by atoms with van der Waals surface area (Å²) in [5, 5.41) is 6.95. The number of hydrogen-bond acceptors (Lipinski definition) is 4. The first kappa shape index (κ1) is 18.2. The lowest BCUT2D eigenvalue weighted by Gasteiger charge is -2.44. The number of nitrogens with zero attached hydrogens (tertiary/aromatic N) is 3. The molecule has 0 bridgehead atoms. The molecule has 2 atom stereocenters. The van der Waals surface area contributed by atoms with E-state index in [0.29, 0.717) is 0 Å². The summed E-state index contributed by atoms with van der Waals surface area (Å²) in [6.07, 6.45) is 0.726. The summed E-state index contributed by atoms with van der Waals surface area (Å²) in [6, 6.07) is 22.4. The average molecular weight is 409 g/mol. The maximum atomic E-state index is 13.8. The molecule has 0 aromatic heterocycles. The standard InChI is InChI=1S/C26H23N3O2/c1-16-8-11-18(12-9-16)21-15-23-19-6-4-5-7-24(19)31-26(29(23)27-21)20-14-17(2)10-13-22(20)28(3)25(26)30/h4-14,23H,15H2,1-3H3/t23-,26-/m0/s1. The summed E-state index contributed by atoms with van der Waals surface area (Å²) in [6.45, 7) is 4.12. The van der Waals surface area contributed by atoms with E-state index < -0.39 is 5.72 Å². The Balaban J connectivity index is 1.59. The van der Waals surface area contributed by atoms with E-state index in [1.807, 2.05) is 49.3 Å². The predicted octanol–water partition coefficient (Wildman–Crippen LogP) is 4.68. The number of benzene rings is 3. The molecule has 3 aliphatic rings. The highest BCUT2D eigenvalue weighted by atomic mass is 16.5. The fraction of sp³-hybridized carbons (Fsp3) is 0.231. The highest BCUT2D eigenvalue weighted by molar-refractivity contribution is 6.08. The second-order valence-electron chi connectivity index (χ2n) is 8.65. The molecule has 0 saturated heterocycles. The van der Waals surface area contributed by atoms with E-state index in [1.165, 1.54) is 5.56 Å². The Bertz CT molecular complexity index is 1260. The van der Waals surface area contributed by atoms with Crippen molar-refractivity contribution in [1.82, 2.24) is 5.01 Å². The van der Waals surface area contributed by atoms with E-state index in [0.717, 1.165) is 45.8 Å². The van der Waals surface area contributed by atoms with Crippen LogP contribution in [0.2, 0.25) is 0 Å². The molecule has 5 nitrogen and oxygen atoms in total. The van der Waals surface area contributed by atoms with Crippen molar-refractivity contribution in [2.45, 2.75) is 32.0 Å². The van der Waals surface area contributed by atoms with Crippen molar-refractivity contribution in [3.63, 3.8) is 0 Å². The monoisotopic (exact) mass is 409 g/mol. The first-order valence-electron chi connectivity index (χ1n) is 10.6. The predicted molar refractivity (Wildman–Crippen MR) is 120 cm³/mol. The third kappa shape index (κ3) is 2.37. The van der Waals surface area contributed by atoms with Crippen LogP contribution >= 0.6 is 0 Å². The van der Waals surface area contributed by atoms with E-state index in [2.05, 4.69) is 43.3 Å². The van der Waals surface area contributed by atoms with Gasteiger partial charge in [0.15, 0.2) is 0 Å². The van der Waals surface area contributed by atoms with Crippen LogP contribution in [0, 0.1) is 13.8 Å². The van der Waals surface area contributed by atoms with Gasteiger partial charge in [0.25, 0.3) is 5.91 Å². The van der Waals surface area contributed by atoms with Gasteiger partial charge in [0.05, 0.1) is 23.0 Å². The first-order valence-corrected chi connectivity index (χ1v) is 10.6. The molecule has 3 aliphatic heterocycles. The molecule has 0 unspecified atom stereocenters. The van der Waals surface area contributed by atoms with E-state index in [1.54, 1.807) is 4.90 Å². The van der Waals surface area contributed by atoms with Crippen molar-refractivity contribution in [3.05, 3.63) is 94.5 Å². The van der Waals surface area contributed by atoms with Crippen molar-refractivity contribution >= 4 is 17.3 Å². The second-order valence-corrected chi connectivity index (χ2v) is 8.65. The van der Waals surface area contributed by atoms with Crippen molar-refractivity contribution in [3.8, 4) is 5.75 Å². The van der Waals surface area contributed by atoms with Crippen LogP contribution in [-0.4, -0.2) is 23.7 Å². The first-order chi connectivity index (χ1) is 15.0. The smallest absolute Gasteiger partial charge is 0.306 e. The van der Waals surface area contributed by atoms with Crippen molar-refractivity contribution in [1.29, 1.82) is 0 Å². The molecule has 3 aromatic carbocycles. The Hall–Kier alpha value is -3.60. The van der Waals surface area contributed by atoms with Crippen molar-refractivity contribution in [2.75, 3.05) is 11.9 Å². The third-order valence-electron chi connectivity index (χ3n) is 6.63. The number of aryl methyl sites for hydroxylation is 2. The quantitative estimate of drug-likeness (QED) is 0.586. The van der Waals surface area contributed by atoms with Gasteiger partial charge in [-0.3, -0.25) is 4.79 Å². The lowest BCUT2D eigenvalue weighted by molar-refractivity contribution is -0.163. The zero-order valence-electron chi connectivity index (χ0n) is 17.8. The normalized spacial score (nSPS) is 23.4. The van der Waals surface area contributed by atoms with Gasteiger partial charge in [-0.15, -0.1) is 0 Å². The number of hydrogen-bond donors (Lipinski definition) is 0. The number of carbonyl (C=O) groups excluding carboxylic acids is 1. The summed E-state index contributed by atoms with van der Waals surface area (Å²) < 4.78 is 6.59. The number of rotatable bonds is 1. The van der Waals surface area contributed by atoms with Gasteiger partial charge in [0.2, 0.25) is 0 Å². The van der Waals surface area contributed by atoms with Crippen LogP contribution in [0.4, 0.5) is 5.69 Å². The molecule has 0 fully saturated rings. The Morgan fingerprint density at radius 1 is 1.00 bits per heavy atom. The molecule has 0 aliphatic carbocycles. The summed E-state index contributed by atoms with van der Waals surface area (Å²) in [7, 11) is 1.81. The Labute approximate surface area is 181 Å². The molecule has 1 amide bonds. The van der Waals surface area contributed by atoms with Gasteiger partial charge < -0.3 is 9.64 Å². The van der Waals surface area contributed by atoms with Crippen LogP contribution in [0.5, 0.6) is 5.75 Å².